The minimum Gasteiger partial charge on any atom is -0.445 e. The highest BCUT2D eigenvalue weighted by molar-refractivity contribution is 5.75. The van der Waals surface area contributed by atoms with Gasteiger partial charge in [-0.1, -0.05) is 0 Å². The molecule has 1 unspecified atom stereocenters. The van der Waals surface area contributed by atoms with Crippen LogP contribution >= 0.6 is 0 Å². The van der Waals surface area contributed by atoms with Gasteiger partial charge in [0.05, 0.1) is 4.92 Å². The fourth-order valence-corrected chi connectivity index (χ4v) is 2.12. The molecule has 1 N–H and O–H groups in total. The van der Waals surface area contributed by atoms with E-state index in [0.29, 0.717) is 11.1 Å². The zero-order valence-corrected chi connectivity index (χ0v) is 10.2. The molecule has 1 aliphatic heterocycles. The summed E-state index contributed by atoms with van der Waals surface area (Å²) in [5.74, 6) is 0. The highest BCUT2D eigenvalue weighted by Crippen LogP contribution is 2.25. The smallest absolute Gasteiger partial charge is 0.394 e. The Hall–Kier alpha value is -2.15. The van der Waals surface area contributed by atoms with E-state index in [1.165, 1.54) is 18.2 Å². The molecule has 7 heteroatoms. The molecule has 1 aromatic carbocycles. The summed E-state index contributed by atoms with van der Waals surface area (Å²) in [6.07, 6.45) is 2.21. The summed E-state index contributed by atoms with van der Waals surface area (Å²) in [6, 6.07) is 4.30. The Morgan fingerprint density at radius 3 is 3.16 bits per heavy atom. The number of rotatable bonds is 3. The van der Waals surface area contributed by atoms with Crippen molar-refractivity contribution in [1.29, 1.82) is 0 Å². The van der Waals surface area contributed by atoms with Gasteiger partial charge in [-0.15, -0.1) is 0 Å². The van der Waals surface area contributed by atoms with E-state index in [1.54, 1.807) is 0 Å². The average Bonchev–Trinajstić information content (AvgIpc) is 2.80. The molecule has 1 saturated heterocycles. The molecule has 1 aliphatic rings. The van der Waals surface area contributed by atoms with Crippen LogP contribution in [0.15, 0.2) is 22.6 Å². The lowest BCUT2D eigenvalue weighted by Gasteiger charge is -2.21. The number of nitro benzene ring substituents is 1. The maximum Gasteiger partial charge on any atom is 0.394 e. The molecule has 0 radical (unpaired) electrons. The van der Waals surface area contributed by atoms with Crippen molar-refractivity contribution in [3.8, 4) is 6.08 Å². The van der Waals surface area contributed by atoms with Gasteiger partial charge in [-0.3, -0.25) is 10.1 Å². The summed E-state index contributed by atoms with van der Waals surface area (Å²) in [7, 11) is 0. The number of oxazole rings is 1. The standard InChI is InChI=1S/C12H13N3O4/c16-15(17)8-3-4-11-10(6-8)14-12(19-11)18-9-2-1-5-13-7-9/h3-4,6,9,13H,1-2,5,7H2. The SMILES string of the molecule is O=[N+]([O-])c1ccc2oc(OC3CCCNC3)nc2c1. The molecule has 3 rings (SSSR count). The minimum absolute atomic E-state index is 0.00770. The van der Waals surface area contributed by atoms with E-state index in [2.05, 4.69) is 10.3 Å². The zero-order chi connectivity index (χ0) is 13.2. The van der Waals surface area contributed by atoms with Crippen molar-refractivity contribution in [3.63, 3.8) is 0 Å². The number of piperidine rings is 1. The van der Waals surface area contributed by atoms with E-state index < -0.39 is 4.92 Å². The average molecular weight is 263 g/mol. The topological polar surface area (TPSA) is 90.4 Å². The van der Waals surface area contributed by atoms with Gasteiger partial charge >= 0.3 is 6.08 Å². The summed E-state index contributed by atoms with van der Waals surface area (Å²) in [4.78, 5) is 14.3. The van der Waals surface area contributed by atoms with Crippen LogP contribution in [0, 0.1) is 10.1 Å². The summed E-state index contributed by atoms with van der Waals surface area (Å²) in [5.41, 5.74) is 0.920. The first-order valence-electron chi connectivity index (χ1n) is 6.15. The lowest BCUT2D eigenvalue weighted by Crippen LogP contribution is -2.37. The second-order valence-electron chi connectivity index (χ2n) is 4.48. The first kappa shape index (κ1) is 11.9. The summed E-state index contributed by atoms with van der Waals surface area (Å²) < 4.78 is 11.1. The number of fused-ring (bicyclic) bond motifs is 1. The van der Waals surface area contributed by atoms with Crippen LogP contribution in [-0.4, -0.2) is 29.1 Å². The van der Waals surface area contributed by atoms with Gasteiger partial charge < -0.3 is 14.5 Å². The lowest BCUT2D eigenvalue weighted by molar-refractivity contribution is -0.384. The predicted molar refractivity (Wildman–Crippen MR) is 67.2 cm³/mol. The van der Waals surface area contributed by atoms with Gasteiger partial charge in [0.25, 0.3) is 5.69 Å². The third kappa shape index (κ3) is 2.50. The highest BCUT2D eigenvalue weighted by Gasteiger charge is 2.18. The largest absolute Gasteiger partial charge is 0.445 e. The first-order chi connectivity index (χ1) is 9.22. The fourth-order valence-electron chi connectivity index (χ4n) is 2.12. The van der Waals surface area contributed by atoms with Crippen LogP contribution in [0.3, 0.4) is 0 Å². The lowest BCUT2D eigenvalue weighted by atomic mass is 10.1. The number of benzene rings is 1. The van der Waals surface area contributed by atoms with Crippen molar-refractivity contribution in [2.75, 3.05) is 13.1 Å². The van der Waals surface area contributed by atoms with Gasteiger partial charge in [-0.2, -0.15) is 4.98 Å². The summed E-state index contributed by atoms with van der Waals surface area (Å²) in [6.45, 7) is 1.76. The Bertz CT molecular complexity index is 604. The van der Waals surface area contributed by atoms with Crippen LogP contribution in [0.5, 0.6) is 6.08 Å². The molecular weight excluding hydrogens is 250 g/mol. The Balaban J connectivity index is 1.82. The second-order valence-corrected chi connectivity index (χ2v) is 4.48. The van der Waals surface area contributed by atoms with E-state index in [9.17, 15) is 10.1 Å². The number of non-ortho nitro benzene ring substituents is 1. The van der Waals surface area contributed by atoms with E-state index in [-0.39, 0.29) is 17.9 Å². The van der Waals surface area contributed by atoms with Crippen molar-refractivity contribution in [3.05, 3.63) is 28.3 Å². The number of hydrogen-bond donors (Lipinski definition) is 1. The number of aromatic nitrogens is 1. The van der Waals surface area contributed by atoms with Gasteiger partial charge in [-0.25, -0.2) is 0 Å². The summed E-state index contributed by atoms with van der Waals surface area (Å²) >= 11 is 0. The maximum absolute atomic E-state index is 10.7. The van der Waals surface area contributed by atoms with Crippen molar-refractivity contribution in [2.24, 2.45) is 0 Å². The Morgan fingerprint density at radius 2 is 2.42 bits per heavy atom. The van der Waals surface area contributed by atoms with Gasteiger partial charge in [0.1, 0.15) is 11.6 Å². The first-order valence-corrected chi connectivity index (χ1v) is 6.15. The summed E-state index contributed by atoms with van der Waals surface area (Å²) in [5, 5.41) is 13.9. The molecule has 7 nitrogen and oxygen atoms in total. The third-order valence-corrected chi connectivity index (χ3v) is 3.08. The van der Waals surface area contributed by atoms with Crippen LogP contribution in [0.2, 0.25) is 0 Å². The molecular formula is C12H13N3O4. The molecule has 1 fully saturated rings. The molecule has 2 aromatic rings. The molecule has 0 spiro atoms. The normalized spacial score (nSPS) is 19.5. The number of nitrogens with zero attached hydrogens (tertiary/aromatic N) is 2. The highest BCUT2D eigenvalue weighted by atomic mass is 16.6. The van der Waals surface area contributed by atoms with Crippen molar-refractivity contribution in [1.82, 2.24) is 10.3 Å². The maximum atomic E-state index is 10.7. The molecule has 19 heavy (non-hydrogen) atoms. The molecule has 0 aliphatic carbocycles. The molecule has 0 amide bonds. The van der Waals surface area contributed by atoms with Gasteiger partial charge in [0, 0.05) is 18.7 Å². The molecule has 100 valence electrons. The number of nitrogens with one attached hydrogen (secondary N) is 1. The van der Waals surface area contributed by atoms with Crippen LogP contribution in [0.4, 0.5) is 5.69 Å². The second kappa shape index (κ2) is 4.85. The van der Waals surface area contributed by atoms with E-state index >= 15 is 0 Å². The number of ether oxygens (including phenoxy) is 1. The molecule has 2 heterocycles. The Morgan fingerprint density at radius 1 is 1.53 bits per heavy atom. The monoisotopic (exact) mass is 263 g/mol. The fraction of sp³-hybridized carbons (Fsp3) is 0.417. The Labute approximate surface area is 108 Å². The Kier molecular flexibility index (Phi) is 3.04. The van der Waals surface area contributed by atoms with Crippen LogP contribution in [0.25, 0.3) is 11.1 Å². The number of hydrogen-bond acceptors (Lipinski definition) is 6. The van der Waals surface area contributed by atoms with Crippen molar-refractivity contribution >= 4 is 16.8 Å². The van der Waals surface area contributed by atoms with Gasteiger partial charge in [0.15, 0.2) is 5.58 Å². The van der Waals surface area contributed by atoms with Gasteiger partial charge in [-0.05, 0) is 25.5 Å². The quantitative estimate of drug-likeness (QED) is 0.671. The minimum atomic E-state index is -0.459. The number of nitro groups is 1. The molecule has 0 bridgehead atoms. The van der Waals surface area contributed by atoms with Crippen molar-refractivity contribution < 1.29 is 14.1 Å². The van der Waals surface area contributed by atoms with Crippen molar-refractivity contribution in [2.45, 2.75) is 18.9 Å². The predicted octanol–water partition coefficient (Wildman–Crippen LogP) is 1.87. The molecule has 0 saturated carbocycles. The van der Waals surface area contributed by atoms with Crippen LogP contribution in [-0.2, 0) is 0 Å². The van der Waals surface area contributed by atoms with Gasteiger partial charge in [0.2, 0.25) is 0 Å². The molecule has 1 aromatic heterocycles. The van der Waals surface area contributed by atoms with E-state index in [4.69, 9.17) is 9.15 Å². The van der Waals surface area contributed by atoms with Crippen LogP contribution in [0.1, 0.15) is 12.8 Å². The van der Waals surface area contributed by atoms with E-state index in [1.807, 2.05) is 0 Å². The molecule has 1 atom stereocenters. The third-order valence-electron chi connectivity index (χ3n) is 3.08. The zero-order valence-electron chi connectivity index (χ0n) is 10.2. The van der Waals surface area contributed by atoms with Crippen LogP contribution < -0.4 is 10.1 Å². The van der Waals surface area contributed by atoms with E-state index in [0.717, 1.165) is 25.9 Å².